The molecule has 1 saturated heterocycles. The number of aromatic nitrogens is 1. The van der Waals surface area contributed by atoms with Crippen LogP contribution in [0.5, 0.6) is 0 Å². The molecule has 1 aromatic heterocycles. The summed E-state index contributed by atoms with van der Waals surface area (Å²) in [5.41, 5.74) is 7.95. The van der Waals surface area contributed by atoms with Gasteiger partial charge < -0.3 is 10.6 Å². The minimum Gasteiger partial charge on any atom is -0.382 e. The number of nitrogens with zero attached hydrogens (tertiary/aromatic N) is 1. The predicted octanol–water partition coefficient (Wildman–Crippen LogP) is 1.36. The summed E-state index contributed by atoms with van der Waals surface area (Å²) in [6.45, 7) is 1.14. The molecule has 7 heteroatoms. The fraction of sp³-hybridized carbons (Fsp3) is 0.294. The molecule has 1 aliphatic heterocycles. The van der Waals surface area contributed by atoms with Crippen LogP contribution in [0.25, 0.3) is 0 Å². The van der Waals surface area contributed by atoms with Crippen LogP contribution in [-0.4, -0.2) is 30.0 Å². The third-order valence-corrected chi connectivity index (χ3v) is 3.91. The molecule has 1 aromatic carbocycles. The summed E-state index contributed by atoms with van der Waals surface area (Å²) in [7, 11) is 0. The Kier molecular flexibility index (Phi) is 5.35. The van der Waals surface area contributed by atoms with Crippen LogP contribution >= 0.6 is 0 Å². The molecule has 1 fully saturated rings. The van der Waals surface area contributed by atoms with Crippen molar-refractivity contribution < 1.29 is 9.18 Å². The maximum absolute atomic E-state index is 13.0. The highest BCUT2D eigenvalue weighted by atomic mass is 19.1. The minimum absolute atomic E-state index is 0.00475. The van der Waals surface area contributed by atoms with E-state index in [9.17, 15) is 9.18 Å². The molecule has 0 bridgehead atoms. The highest BCUT2D eigenvalue weighted by Crippen LogP contribution is 2.22. The quantitative estimate of drug-likeness (QED) is 0.602. The minimum atomic E-state index is -0.307. The van der Waals surface area contributed by atoms with E-state index in [1.165, 1.54) is 12.1 Å². The smallest absolute Gasteiger partial charge is 0.238 e. The van der Waals surface area contributed by atoms with Crippen LogP contribution in [0.1, 0.15) is 18.0 Å². The van der Waals surface area contributed by atoms with Crippen molar-refractivity contribution in [3.63, 3.8) is 0 Å². The highest BCUT2D eigenvalue weighted by Gasteiger charge is 2.29. The molecule has 0 saturated carbocycles. The first-order valence-electron chi connectivity index (χ1n) is 7.90. The van der Waals surface area contributed by atoms with Gasteiger partial charge in [0.05, 0.1) is 5.69 Å². The van der Waals surface area contributed by atoms with Crippen LogP contribution in [0, 0.1) is 5.82 Å². The molecule has 4 N–H and O–H groups in total. The van der Waals surface area contributed by atoms with Crippen LogP contribution in [0.3, 0.4) is 0 Å². The maximum Gasteiger partial charge on any atom is 0.238 e. The van der Waals surface area contributed by atoms with Crippen molar-refractivity contribution in [1.82, 2.24) is 21.2 Å². The third-order valence-electron chi connectivity index (χ3n) is 3.91. The van der Waals surface area contributed by atoms with Gasteiger partial charge in [0, 0.05) is 31.5 Å². The predicted molar refractivity (Wildman–Crippen MR) is 89.6 cm³/mol. The summed E-state index contributed by atoms with van der Waals surface area (Å²) >= 11 is 0. The number of benzene rings is 1. The number of hydrogen-bond donors (Lipinski definition) is 4. The Morgan fingerprint density at radius 3 is 2.79 bits per heavy atom. The van der Waals surface area contributed by atoms with Crippen LogP contribution in [-0.2, 0) is 4.79 Å². The fourth-order valence-electron chi connectivity index (χ4n) is 2.62. The fourth-order valence-corrected chi connectivity index (χ4v) is 2.62. The van der Waals surface area contributed by atoms with Gasteiger partial charge in [0.15, 0.2) is 0 Å². The largest absolute Gasteiger partial charge is 0.382 e. The second kappa shape index (κ2) is 7.85. The molecule has 3 rings (SSSR count). The van der Waals surface area contributed by atoms with E-state index >= 15 is 0 Å². The molecular formula is C17H20FN5O. The van der Waals surface area contributed by atoms with Gasteiger partial charge in [-0.15, -0.1) is 0 Å². The Balaban J connectivity index is 1.40. The zero-order chi connectivity index (χ0) is 16.8. The standard InChI is InChI=1S/C17H20FN5O/c18-13-5-3-12(4-6-13)15-10-16(23-22-15)17(24)21-9-8-20-14-2-1-7-19-11-14/h1-7,11,15-16,20,22-23H,8-10H2,(H,21,24). The average Bonchev–Trinajstić information content (AvgIpc) is 3.10. The zero-order valence-corrected chi connectivity index (χ0v) is 13.1. The summed E-state index contributed by atoms with van der Waals surface area (Å²) in [4.78, 5) is 16.2. The van der Waals surface area contributed by atoms with Crippen LogP contribution in [0.2, 0.25) is 0 Å². The molecular weight excluding hydrogens is 309 g/mol. The van der Waals surface area contributed by atoms with Gasteiger partial charge in [-0.25, -0.2) is 15.2 Å². The van der Waals surface area contributed by atoms with Gasteiger partial charge in [0.25, 0.3) is 0 Å². The van der Waals surface area contributed by atoms with E-state index in [1.54, 1.807) is 24.5 Å². The van der Waals surface area contributed by atoms with E-state index in [0.717, 1.165) is 11.3 Å². The first kappa shape index (κ1) is 16.4. The second-order valence-electron chi connectivity index (χ2n) is 5.64. The Morgan fingerprint density at radius 2 is 2.04 bits per heavy atom. The van der Waals surface area contributed by atoms with Gasteiger partial charge in [-0.05, 0) is 36.2 Å². The summed E-state index contributed by atoms with van der Waals surface area (Å²) in [5, 5.41) is 6.07. The monoisotopic (exact) mass is 329 g/mol. The number of rotatable bonds is 6. The Hall–Kier alpha value is -2.51. The maximum atomic E-state index is 13.0. The summed E-state index contributed by atoms with van der Waals surface area (Å²) in [5.74, 6) is -0.319. The molecule has 2 atom stereocenters. The number of hydrazine groups is 1. The van der Waals surface area contributed by atoms with Crippen LogP contribution < -0.4 is 21.5 Å². The molecule has 1 amide bonds. The summed E-state index contributed by atoms with van der Waals surface area (Å²) in [6, 6.07) is 9.77. The number of carbonyl (C=O) groups excluding carboxylic acids is 1. The molecule has 2 aromatic rings. The molecule has 126 valence electrons. The van der Waals surface area contributed by atoms with Crippen molar-refractivity contribution in [3.8, 4) is 0 Å². The van der Waals surface area contributed by atoms with Crippen molar-refractivity contribution >= 4 is 11.6 Å². The van der Waals surface area contributed by atoms with E-state index in [0.29, 0.717) is 19.5 Å². The van der Waals surface area contributed by atoms with Crippen LogP contribution in [0.15, 0.2) is 48.8 Å². The van der Waals surface area contributed by atoms with E-state index in [4.69, 9.17) is 0 Å². The molecule has 2 unspecified atom stereocenters. The zero-order valence-electron chi connectivity index (χ0n) is 13.1. The Labute approximate surface area is 139 Å². The third kappa shape index (κ3) is 4.27. The molecule has 6 nitrogen and oxygen atoms in total. The van der Waals surface area contributed by atoms with Crippen molar-refractivity contribution in [2.24, 2.45) is 0 Å². The lowest BCUT2D eigenvalue weighted by Gasteiger charge is -2.11. The van der Waals surface area contributed by atoms with Crippen molar-refractivity contribution in [2.75, 3.05) is 18.4 Å². The SMILES string of the molecule is O=C(NCCNc1cccnc1)C1CC(c2ccc(F)cc2)NN1. The Bertz CT molecular complexity index is 664. The number of pyridine rings is 1. The lowest BCUT2D eigenvalue weighted by Crippen LogP contribution is -2.44. The topological polar surface area (TPSA) is 78.1 Å². The van der Waals surface area contributed by atoms with E-state index in [2.05, 4.69) is 26.5 Å². The molecule has 1 aliphatic rings. The highest BCUT2D eigenvalue weighted by molar-refractivity contribution is 5.82. The molecule has 0 radical (unpaired) electrons. The van der Waals surface area contributed by atoms with Gasteiger partial charge >= 0.3 is 0 Å². The molecule has 0 spiro atoms. The molecule has 0 aliphatic carbocycles. The van der Waals surface area contributed by atoms with Gasteiger partial charge in [-0.3, -0.25) is 9.78 Å². The van der Waals surface area contributed by atoms with E-state index in [-0.39, 0.29) is 23.8 Å². The first-order valence-corrected chi connectivity index (χ1v) is 7.90. The van der Waals surface area contributed by atoms with Crippen molar-refractivity contribution in [1.29, 1.82) is 0 Å². The lowest BCUT2D eigenvalue weighted by atomic mass is 10.0. The van der Waals surface area contributed by atoms with Crippen molar-refractivity contribution in [2.45, 2.75) is 18.5 Å². The molecule has 24 heavy (non-hydrogen) atoms. The number of carbonyl (C=O) groups is 1. The van der Waals surface area contributed by atoms with Gasteiger partial charge in [-0.1, -0.05) is 12.1 Å². The van der Waals surface area contributed by atoms with E-state index < -0.39 is 0 Å². The summed E-state index contributed by atoms with van der Waals surface area (Å²) in [6.07, 6.45) is 4.06. The number of anilines is 1. The number of halogens is 1. The summed E-state index contributed by atoms with van der Waals surface area (Å²) < 4.78 is 13.0. The first-order chi connectivity index (χ1) is 11.7. The van der Waals surface area contributed by atoms with Crippen LogP contribution in [0.4, 0.5) is 10.1 Å². The van der Waals surface area contributed by atoms with Gasteiger partial charge in [0.2, 0.25) is 5.91 Å². The van der Waals surface area contributed by atoms with Gasteiger partial charge in [0.1, 0.15) is 11.9 Å². The van der Waals surface area contributed by atoms with E-state index in [1.807, 2.05) is 12.1 Å². The Morgan fingerprint density at radius 1 is 1.21 bits per heavy atom. The lowest BCUT2D eigenvalue weighted by molar-refractivity contribution is -0.122. The van der Waals surface area contributed by atoms with Gasteiger partial charge in [-0.2, -0.15) is 0 Å². The normalized spacial score (nSPS) is 19.9. The number of nitrogens with one attached hydrogen (secondary N) is 4. The number of hydrogen-bond acceptors (Lipinski definition) is 5. The number of amides is 1. The van der Waals surface area contributed by atoms with Crippen molar-refractivity contribution in [3.05, 3.63) is 60.2 Å². The molecule has 2 heterocycles. The average molecular weight is 329 g/mol. The second-order valence-corrected chi connectivity index (χ2v) is 5.64.